The van der Waals surface area contributed by atoms with Gasteiger partial charge in [0.15, 0.2) is 5.82 Å². The van der Waals surface area contributed by atoms with Crippen molar-refractivity contribution in [2.45, 2.75) is 25.6 Å². The summed E-state index contributed by atoms with van der Waals surface area (Å²) in [6.45, 7) is 0.00377. The molecule has 0 aromatic heterocycles. The summed E-state index contributed by atoms with van der Waals surface area (Å²) in [7, 11) is 0. The normalized spacial score (nSPS) is 11.4. The molecule has 4 aromatic carbocycles. The molecule has 0 aliphatic heterocycles. The van der Waals surface area contributed by atoms with Crippen LogP contribution in [0.15, 0.2) is 87.8 Å². The van der Waals surface area contributed by atoms with E-state index in [1.807, 2.05) is 6.07 Å². The van der Waals surface area contributed by atoms with E-state index in [4.69, 9.17) is 14.6 Å². The molecule has 43 heavy (non-hydrogen) atoms. The summed E-state index contributed by atoms with van der Waals surface area (Å²) >= 11 is 5.78. The monoisotopic (exact) mass is 740 g/mol. The van der Waals surface area contributed by atoms with Gasteiger partial charge in [0.2, 0.25) is 0 Å². The van der Waals surface area contributed by atoms with Crippen LogP contribution in [-0.4, -0.2) is 11.1 Å². The lowest BCUT2D eigenvalue weighted by molar-refractivity contribution is -0.141. The number of alkyl halides is 6. The largest absolute Gasteiger partial charge is 0.488 e. The molecule has 4 rings (SSSR count). The van der Waals surface area contributed by atoms with Crippen molar-refractivity contribution in [3.8, 4) is 11.5 Å². The van der Waals surface area contributed by atoms with Crippen LogP contribution in [0.1, 0.15) is 32.6 Å². The lowest BCUT2D eigenvalue weighted by atomic mass is 10.1. The zero-order valence-corrected chi connectivity index (χ0v) is 24.5. The second-order valence-electron chi connectivity index (χ2n) is 8.54. The second-order valence-corrected chi connectivity index (χ2v) is 10.2. The highest BCUT2D eigenvalue weighted by Gasteiger charge is 2.38. The highest BCUT2D eigenvalue weighted by molar-refractivity contribution is 9.11. The molecule has 4 nitrogen and oxygen atoms in total. The van der Waals surface area contributed by atoms with Gasteiger partial charge in [-0.25, -0.2) is 13.6 Å². The predicted molar refractivity (Wildman–Crippen MR) is 147 cm³/mol. The van der Waals surface area contributed by atoms with Crippen LogP contribution in [0.4, 0.5) is 35.1 Å². The average molecular weight is 742 g/mol. The second kappa shape index (κ2) is 14.2. The summed E-state index contributed by atoms with van der Waals surface area (Å²) in [4.78, 5) is 11.1. The molecule has 0 amide bonds. The van der Waals surface area contributed by atoms with Crippen LogP contribution in [0.2, 0.25) is 0 Å². The molecule has 0 aliphatic carbocycles. The molecular weight excluding hydrogens is 724 g/mol. The fourth-order valence-electron chi connectivity index (χ4n) is 3.44. The Hall–Kier alpha value is -3.65. The van der Waals surface area contributed by atoms with Crippen molar-refractivity contribution in [2.24, 2.45) is 0 Å². The van der Waals surface area contributed by atoms with Gasteiger partial charge in [-0.05, 0) is 61.2 Å². The first-order valence-electron chi connectivity index (χ1n) is 11.8. The van der Waals surface area contributed by atoms with Crippen LogP contribution < -0.4 is 9.47 Å². The predicted octanol–water partition coefficient (Wildman–Crippen LogP) is 10.1. The molecule has 0 aliphatic rings. The summed E-state index contributed by atoms with van der Waals surface area (Å²) in [5.41, 5.74) is -2.70. The summed E-state index contributed by atoms with van der Waals surface area (Å²) in [6.07, 6.45) is -9.80. The van der Waals surface area contributed by atoms with Crippen molar-refractivity contribution < 1.29 is 54.5 Å². The van der Waals surface area contributed by atoms with E-state index in [1.54, 1.807) is 54.6 Å². The number of aromatic carboxylic acids is 1. The van der Waals surface area contributed by atoms with E-state index in [9.17, 15) is 39.9 Å². The molecule has 14 heteroatoms. The number of carbonyl (C=O) groups is 1. The first-order chi connectivity index (χ1) is 20.1. The molecule has 0 radical (unpaired) electrons. The van der Waals surface area contributed by atoms with E-state index in [-0.39, 0.29) is 27.9 Å². The zero-order chi connectivity index (χ0) is 31.9. The van der Waals surface area contributed by atoms with E-state index in [0.717, 1.165) is 11.6 Å². The van der Waals surface area contributed by atoms with Gasteiger partial charge < -0.3 is 14.6 Å². The van der Waals surface area contributed by atoms with E-state index >= 15 is 0 Å². The van der Waals surface area contributed by atoms with Gasteiger partial charge in [0.1, 0.15) is 36.1 Å². The number of hydrogen-bond donors (Lipinski definition) is 1. The maximum atomic E-state index is 13.8. The van der Waals surface area contributed by atoms with Gasteiger partial charge in [-0.3, -0.25) is 0 Å². The Kier molecular flexibility index (Phi) is 11.2. The molecular formula is C29H18Br2F8O4. The van der Waals surface area contributed by atoms with Crippen molar-refractivity contribution in [3.63, 3.8) is 0 Å². The highest BCUT2D eigenvalue weighted by atomic mass is 79.9. The number of benzene rings is 4. The molecule has 228 valence electrons. The van der Waals surface area contributed by atoms with Gasteiger partial charge in [0.25, 0.3) is 0 Å². The Morgan fingerprint density at radius 2 is 1.14 bits per heavy atom. The minimum atomic E-state index is -5.04. The molecule has 0 unspecified atom stereocenters. The van der Waals surface area contributed by atoms with Gasteiger partial charge in [-0.15, -0.1) is 0 Å². The molecule has 1 N–H and O–H groups in total. The molecule has 0 fully saturated rings. The first kappa shape index (κ1) is 33.8. The fourth-order valence-corrected chi connectivity index (χ4v) is 4.44. The van der Waals surface area contributed by atoms with Crippen molar-refractivity contribution in [1.29, 1.82) is 0 Å². The van der Waals surface area contributed by atoms with Crippen molar-refractivity contribution >= 4 is 37.8 Å². The number of carboxylic acid groups (broad SMARTS) is 1. The Balaban J connectivity index is 0.000000238. The topological polar surface area (TPSA) is 55.8 Å². The number of rotatable bonds is 7. The average Bonchev–Trinajstić information content (AvgIpc) is 2.92. The van der Waals surface area contributed by atoms with Crippen molar-refractivity contribution in [3.05, 3.63) is 127 Å². The SMILES string of the molecule is Fc1cc(Br)c(OCc2ccccc2)cc1C(F)(F)F.O=C(O)c1c(F)c(C(F)(F)F)cc(OCc2ccccc2)c1Br. The number of hydrogen-bond acceptors (Lipinski definition) is 3. The molecule has 4 aromatic rings. The van der Waals surface area contributed by atoms with Gasteiger partial charge in [0.05, 0.1) is 20.1 Å². The summed E-state index contributed by atoms with van der Waals surface area (Å²) in [5, 5.41) is 8.95. The van der Waals surface area contributed by atoms with Gasteiger partial charge >= 0.3 is 18.3 Å². The lowest BCUT2D eigenvalue weighted by Crippen LogP contribution is -2.14. The molecule has 0 spiro atoms. The van der Waals surface area contributed by atoms with Crippen molar-refractivity contribution in [2.75, 3.05) is 0 Å². The van der Waals surface area contributed by atoms with Crippen LogP contribution in [0, 0.1) is 11.6 Å². The number of carboxylic acids is 1. The lowest BCUT2D eigenvalue weighted by Gasteiger charge is -2.15. The fraction of sp³-hybridized carbons (Fsp3) is 0.138. The van der Waals surface area contributed by atoms with Crippen LogP contribution in [0.5, 0.6) is 11.5 Å². The van der Waals surface area contributed by atoms with Crippen LogP contribution in [0.3, 0.4) is 0 Å². The van der Waals surface area contributed by atoms with E-state index in [2.05, 4.69) is 31.9 Å². The Labute approximate surface area is 256 Å². The minimum Gasteiger partial charge on any atom is -0.488 e. The molecule has 0 bridgehead atoms. The van der Waals surface area contributed by atoms with E-state index in [0.29, 0.717) is 17.7 Å². The smallest absolute Gasteiger partial charge is 0.419 e. The Morgan fingerprint density at radius 3 is 1.58 bits per heavy atom. The van der Waals surface area contributed by atoms with Crippen LogP contribution >= 0.6 is 31.9 Å². The Bertz CT molecular complexity index is 1560. The maximum absolute atomic E-state index is 13.8. The summed E-state index contributed by atoms with van der Waals surface area (Å²) in [5.74, 6) is -5.48. The van der Waals surface area contributed by atoms with Gasteiger partial charge in [0, 0.05) is 0 Å². The molecule has 0 saturated heterocycles. The quantitative estimate of drug-likeness (QED) is 0.192. The van der Waals surface area contributed by atoms with Crippen molar-refractivity contribution in [1.82, 2.24) is 0 Å². The third-order valence-electron chi connectivity index (χ3n) is 5.49. The standard InChI is InChI=1S/C15H9BrF4O3.C14H9BrF4O/c16-12-10(23-7-8-4-2-1-3-5-8)6-9(15(18,19)20)13(17)11(12)14(21)22;15-11-7-12(16)10(14(17,18)19)6-13(11)20-8-9-4-2-1-3-5-9/h1-6H,7H2,(H,21,22);1-7H,8H2. The van der Waals surface area contributed by atoms with Crippen LogP contribution in [0.25, 0.3) is 0 Å². The number of halogens is 10. The Morgan fingerprint density at radius 1 is 0.698 bits per heavy atom. The van der Waals surface area contributed by atoms with E-state index < -0.39 is 52.4 Å². The molecule has 0 atom stereocenters. The zero-order valence-electron chi connectivity index (χ0n) is 21.4. The highest BCUT2D eigenvalue weighted by Crippen LogP contribution is 2.41. The summed E-state index contributed by atoms with van der Waals surface area (Å²) in [6, 6.07) is 19.3. The maximum Gasteiger partial charge on any atom is 0.419 e. The van der Waals surface area contributed by atoms with Crippen LogP contribution in [-0.2, 0) is 25.6 Å². The summed E-state index contributed by atoms with van der Waals surface area (Å²) < 4.78 is 114. The van der Waals surface area contributed by atoms with Gasteiger partial charge in [-0.2, -0.15) is 26.3 Å². The minimum absolute atomic E-state index is 0.0532. The molecule has 0 heterocycles. The van der Waals surface area contributed by atoms with E-state index in [1.165, 1.54) is 0 Å². The molecule has 0 saturated carbocycles. The van der Waals surface area contributed by atoms with Gasteiger partial charge in [-0.1, -0.05) is 60.7 Å². The third kappa shape index (κ3) is 9.17. The third-order valence-corrected chi connectivity index (χ3v) is 6.89. The number of ether oxygens (including phenoxy) is 2. The first-order valence-corrected chi connectivity index (χ1v) is 13.4.